The molecule has 0 atom stereocenters. The summed E-state index contributed by atoms with van der Waals surface area (Å²) in [6.45, 7) is -2.37. The van der Waals surface area contributed by atoms with E-state index in [2.05, 4.69) is 0 Å². The molecule has 0 aliphatic carbocycles. The molecule has 2 aliphatic heterocycles. The number of carbonyl (C=O) groups excluding carboxylic acids is 1. The highest BCUT2D eigenvalue weighted by atomic mass is 32.2. The van der Waals surface area contributed by atoms with Gasteiger partial charge in [-0.05, 0) is 30.0 Å². The topological polar surface area (TPSA) is 234 Å². The highest BCUT2D eigenvalue weighted by Gasteiger charge is 2.35. The molecule has 2 aromatic heterocycles. The summed E-state index contributed by atoms with van der Waals surface area (Å²) in [7, 11) is -4.25. The first kappa shape index (κ1) is 38.2. The predicted octanol–water partition coefficient (Wildman–Crippen LogP) is 1.31. The number of aliphatic carboxylic acids is 3. The average Bonchev–Trinajstić information content (AvgIpc) is 3.77. The van der Waals surface area contributed by atoms with Crippen molar-refractivity contribution in [3.8, 4) is 0 Å². The minimum atomic E-state index is -4.25. The third-order valence-corrected chi connectivity index (χ3v) is 13.6. The van der Waals surface area contributed by atoms with Gasteiger partial charge in [-0.2, -0.15) is 8.42 Å². The summed E-state index contributed by atoms with van der Waals surface area (Å²) in [4.78, 5) is 79.0. The van der Waals surface area contributed by atoms with Crippen LogP contribution in [0.3, 0.4) is 0 Å². The second kappa shape index (κ2) is 15.0. The lowest BCUT2D eigenvalue weighted by atomic mass is 10.1. The molecule has 4 aromatic rings. The van der Waals surface area contributed by atoms with Crippen molar-refractivity contribution in [3.63, 3.8) is 0 Å². The Morgan fingerprint density at radius 1 is 0.792 bits per heavy atom. The number of carboxylic acids is 3. The van der Waals surface area contributed by atoms with E-state index in [0.29, 0.717) is 28.1 Å². The number of aromatic nitrogens is 2. The van der Waals surface area contributed by atoms with Crippen molar-refractivity contribution in [2.75, 3.05) is 23.7 Å². The molecule has 4 N–H and O–H groups in total. The fraction of sp³-hybridized carbons (Fsp3) is 0.194. The van der Waals surface area contributed by atoms with Crippen LogP contribution in [0.1, 0.15) is 6.42 Å². The number of nitrogens with zero attached hydrogens (tertiary/aromatic N) is 4. The molecule has 0 spiro atoms. The molecule has 2 aliphatic rings. The summed E-state index contributed by atoms with van der Waals surface area (Å²) in [5.74, 6) is -5.58. The minimum absolute atomic E-state index is 0.0000309. The summed E-state index contributed by atoms with van der Waals surface area (Å²) in [6.07, 6.45) is 3.09. The van der Waals surface area contributed by atoms with Crippen LogP contribution in [-0.2, 0) is 42.4 Å². The number of benzene rings is 2. The third-order valence-electron chi connectivity index (χ3n) is 7.68. The molecule has 0 unspecified atom stereocenters. The lowest BCUT2D eigenvalue weighted by molar-refractivity contribution is -0.140. The largest absolute Gasteiger partial charge is 0.480 e. The highest BCUT2D eigenvalue weighted by Crippen LogP contribution is 2.49. The molecule has 0 bridgehead atoms. The first-order valence-electron chi connectivity index (χ1n) is 15.1. The van der Waals surface area contributed by atoms with Crippen LogP contribution >= 0.6 is 58.4 Å². The number of hydrogen-bond acceptors (Lipinski definition) is 14. The Hall–Kier alpha value is -4.58. The van der Waals surface area contributed by atoms with Crippen LogP contribution in [0, 0.1) is 9.20 Å². The van der Waals surface area contributed by atoms with Crippen molar-refractivity contribution in [2.24, 2.45) is 0 Å². The molecule has 1 saturated heterocycles. The molecular weight excluding hydrogens is 813 g/mol. The predicted molar refractivity (Wildman–Crippen MR) is 203 cm³/mol. The van der Waals surface area contributed by atoms with Crippen molar-refractivity contribution in [1.82, 2.24) is 14.0 Å². The van der Waals surface area contributed by atoms with Gasteiger partial charge in [-0.15, -0.1) is 22.7 Å². The number of amides is 1. The first-order valence-corrected chi connectivity index (χ1v) is 20.3. The molecule has 22 heteroatoms. The van der Waals surface area contributed by atoms with Crippen LogP contribution in [0.25, 0.3) is 21.8 Å². The third kappa shape index (κ3) is 7.88. The first-order chi connectivity index (χ1) is 25.0. The molecular formula is C31H24N4O12S6. The number of fused-ring (bicyclic) bond motifs is 3. The van der Waals surface area contributed by atoms with Crippen LogP contribution in [0.2, 0.25) is 0 Å². The van der Waals surface area contributed by atoms with Gasteiger partial charge in [0.05, 0.1) is 21.0 Å². The van der Waals surface area contributed by atoms with Gasteiger partial charge in [0, 0.05) is 16.8 Å². The van der Waals surface area contributed by atoms with Crippen LogP contribution in [0.15, 0.2) is 62.0 Å². The van der Waals surface area contributed by atoms with Crippen LogP contribution in [0.5, 0.6) is 0 Å². The summed E-state index contributed by atoms with van der Waals surface area (Å²) >= 11 is 8.58. The highest BCUT2D eigenvalue weighted by molar-refractivity contribution is 8.30. The molecule has 16 nitrogen and oxygen atoms in total. The van der Waals surface area contributed by atoms with E-state index in [0.717, 1.165) is 46.7 Å². The quantitative estimate of drug-likeness (QED) is 0.123. The molecule has 1 fully saturated rings. The SMILES string of the molecule is O=C(O)CN1C(=O)/C(=c2\s/c(=c3/sc(=CC=C4Sc5ccc6ccccc6c5N4CCCS(=O)(=O)O)c(=O)n3CC(=O)O)c(=O)n2CC(=O)O)SC1=S. The average molecular weight is 837 g/mol. The van der Waals surface area contributed by atoms with E-state index < -0.39 is 70.4 Å². The zero-order chi connectivity index (χ0) is 38.4. The summed E-state index contributed by atoms with van der Waals surface area (Å²) in [5, 5.41) is 30.9. The van der Waals surface area contributed by atoms with E-state index >= 15 is 0 Å². The van der Waals surface area contributed by atoms with E-state index in [-0.39, 0.29) is 40.6 Å². The molecule has 1 amide bonds. The second-order valence-corrected chi connectivity index (χ2v) is 17.6. The van der Waals surface area contributed by atoms with Gasteiger partial charge in [0.15, 0.2) is 0 Å². The number of thiocarbonyl (C=S) groups is 1. The van der Waals surface area contributed by atoms with E-state index in [1.54, 1.807) is 6.08 Å². The molecule has 276 valence electrons. The second-order valence-electron chi connectivity index (χ2n) is 11.3. The Morgan fingerprint density at radius 3 is 2.11 bits per heavy atom. The van der Waals surface area contributed by atoms with Crippen LogP contribution < -0.4 is 25.2 Å². The Bertz CT molecular complexity index is 2770. The maximum Gasteiger partial charge on any atom is 0.323 e. The number of anilines is 1. The van der Waals surface area contributed by atoms with Crippen molar-refractivity contribution >= 4 is 124 Å². The van der Waals surface area contributed by atoms with Crippen molar-refractivity contribution in [1.29, 1.82) is 0 Å². The molecule has 53 heavy (non-hydrogen) atoms. The van der Waals surface area contributed by atoms with Crippen LogP contribution in [0.4, 0.5) is 5.69 Å². The van der Waals surface area contributed by atoms with Gasteiger partial charge in [-0.3, -0.25) is 47.4 Å². The maximum absolute atomic E-state index is 13.8. The molecule has 0 saturated carbocycles. The summed E-state index contributed by atoms with van der Waals surface area (Å²) in [5.41, 5.74) is -0.915. The van der Waals surface area contributed by atoms with Crippen molar-refractivity contribution in [2.45, 2.75) is 24.4 Å². The van der Waals surface area contributed by atoms with E-state index in [1.807, 2.05) is 41.3 Å². The molecule has 4 heterocycles. The molecule has 0 radical (unpaired) electrons. The van der Waals surface area contributed by atoms with Gasteiger partial charge in [0.2, 0.25) is 0 Å². The van der Waals surface area contributed by atoms with Gasteiger partial charge >= 0.3 is 17.9 Å². The van der Waals surface area contributed by atoms with Crippen LogP contribution in [-0.4, -0.2) is 89.3 Å². The lowest BCUT2D eigenvalue weighted by Gasteiger charge is -2.21. The fourth-order valence-corrected chi connectivity index (χ4v) is 10.9. The fourth-order valence-electron chi connectivity index (χ4n) is 5.54. The number of hydrogen-bond donors (Lipinski definition) is 4. The van der Waals surface area contributed by atoms with Gasteiger partial charge in [0.1, 0.15) is 42.7 Å². The monoisotopic (exact) mass is 836 g/mol. The number of thioether (sulfide) groups is 2. The molecule has 2 aromatic carbocycles. The van der Waals surface area contributed by atoms with Gasteiger partial charge in [-0.25, -0.2) is 0 Å². The van der Waals surface area contributed by atoms with Gasteiger partial charge < -0.3 is 20.2 Å². The summed E-state index contributed by atoms with van der Waals surface area (Å²) in [6, 6.07) is 11.4. The standard InChI is InChI=1S/C31H24N4O12S6/c36-20(37)12-33-26(42)18(8-9-19-32(10-3-11-53(45,46)47)23-16-5-2-1-4-15(16)6-7-17(23)49-19)50-29(33)24-27(43)34(13-21(38)39)30(51-24)25-28(44)35(14-22(40)41)31(48)52-25/h1-2,4-9H,3,10-14H2,(H,36,37)(H,38,39)(H,40,41)(H,45,46,47)/b18-8?,19-9?,29-24+,30-25+. The lowest BCUT2D eigenvalue weighted by Crippen LogP contribution is -2.35. The molecule has 6 rings (SSSR count). The Balaban J connectivity index is 1.56. The zero-order valence-electron chi connectivity index (χ0n) is 26.7. The van der Waals surface area contributed by atoms with E-state index in [4.69, 9.17) is 12.2 Å². The number of carbonyl (C=O) groups is 4. The Labute approximate surface area is 318 Å². The van der Waals surface area contributed by atoms with Crippen molar-refractivity contribution in [3.05, 3.63) is 86.6 Å². The summed E-state index contributed by atoms with van der Waals surface area (Å²) < 4.78 is 33.3. The van der Waals surface area contributed by atoms with Gasteiger partial charge in [0.25, 0.3) is 27.1 Å². The number of rotatable bonds is 11. The normalized spacial score (nSPS) is 17.4. The van der Waals surface area contributed by atoms with Crippen molar-refractivity contribution < 1.29 is 47.5 Å². The van der Waals surface area contributed by atoms with E-state index in [1.165, 1.54) is 17.8 Å². The van der Waals surface area contributed by atoms with Gasteiger partial charge in [-0.1, -0.05) is 66.1 Å². The number of allylic oxidation sites excluding steroid dienone is 1. The number of carboxylic acid groups (broad SMARTS) is 3. The Morgan fingerprint density at radius 2 is 1.45 bits per heavy atom. The maximum atomic E-state index is 13.8. The zero-order valence-corrected chi connectivity index (χ0v) is 31.6. The minimum Gasteiger partial charge on any atom is -0.480 e. The smallest absolute Gasteiger partial charge is 0.323 e. The number of thiazole rings is 2. The Kier molecular flexibility index (Phi) is 10.8. The van der Waals surface area contributed by atoms with E-state index in [9.17, 15) is 57.1 Å².